The summed E-state index contributed by atoms with van der Waals surface area (Å²) in [5.41, 5.74) is 2.89. The van der Waals surface area contributed by atoms with Crippen molar-refractivity contribution in [2.75, 3.05) is 43.0 Å². The summed E-state index contributed by atoms with van der Waals surface area (Å²) in [7, 11) is 1.93. The van der Waals surface area contributed by atoms with Crippen LogP contribution in [0, 0.1) is 12.7 Å². The van der Waals surface area contributed by atoms with Crippen LogP contribution < -0.4 is 15.1 Å². The van der Waals surface area contributed by atoms with Gasteiger partial charge in [0, 0.05) is 66.2 Å². The van der Waals surface area contributed by atoms with Gasteiger partial charge in [0.15, 0.2) is 5.82 Å². The zero-order valence-corrected chi connectivity index (χ0v) is 23.8. The van der Waals surface area contributed by atoms with E-state index in [1.807, 2.05) is 49.8 Å². The predicted molar refractivity (Wildman–Crippen MR) is 158 cm³/mol. The summed E-state index contributed by atoms with van der Waals surface area (Å²) in [5.74, 6) is 0.497. The molecule has 0 spiro atoms. The van der Waals surface area contributed by atoms with Gasteiger partial charge in [0.1, 0.15) is 11.3 Å². The zero-order chi connectivity index (χ0) is 28.3. The fraction of sp³-hybridized carbons (Fsp3) is 0.379. The molecule has 0 saturated carbocycles. The van der Waals surface area contributed by atoms with Crippen molar-refractivity contribution in [1.29, 1.82) is 0 Å². The van der Waals surface area contributed by atoms with Crippen molar-refractivity contribution in [3.05, 3.63) is 53.5 Å². The van der Waals surface area contributed by atoms with Gasteiger partial charge >= 0.3 is 0 Å². The highest BCUT2D eigenvalue weighted by Gasteiger charge is 2.35. The summed E-state index contributed by atoms with van der Waals surface area (Å²) < 4.78 is 16.8. The summed E-state index contributed by atoms with van der Waals surface area (Å²) in [6, 6.07) is 5.79. The highest BCUT2D eigenvalue weighted by atomic mass is 35.5. The average Bonchev–Trinajstić information content (AvgIpc) is 3.39. The minimum Gasteiger partial charge on any atom is -0.349 e. The number of aryl methyl sites for hydroxylation is 1. The van der Waals surface area contributed by atoms with E-state index in [0.29, 0.717) is 47.4 Å². The lowest BCUT2D eigenvalue weighted by atomic mass is 9.95. The van der Waals surface area contributed by atoms with Crippen LogP contribution in [0.3, 0.4) is 0 Å². The maximum Gasteiger partial charge on any atom is 0.246 e. The average molecular weight is 563 g/mol. The first-order valence-electron chi connectivity index (χ1n) is 13.5. The molecule has 2 aliphatic rings. The van der Waals surface area contributed by atoms with E-state index >= 15 is 4.39 Å². The van der Waals surface area contributed by atoms with E-state index in [9.17, 15) is 4.79 Å². The number of carbonyl (C=O) groups is 1. The molecule has 0 bridgehead atoms. The summed E-state index contributed by atoms with van der Waals surface area (Å²) in [4.78, 5) is 28.2. The molecule has 2 saturated heterocycles. The topological polar surface area (TPSA) is 93.3 Å². The standard InChI is InChI=1S/C29H32ClFN8O/c1-6-23(40)38-11-17(4)39(12-16(38)3)28-19-9-21(30)25(24-15(2)7-8-22-20(24)10-33-36-22)26(31)27(19)34-29(35-28)37-13-18(14-37)32-5/h6-10,16-18,32H,1,11-14H2,2-5H3,(H,33,36)/t16-,17+/m1/s1. The van der Waals surface area contributed by atoms with Gasteiger partial charge in [-0.25, -0.2) is 9.37 Å². The summed E-state index contributed by atoms with van der Waals surface area (Å²) in [6.45, 7) is 12.1. The van der Waals surface area contributed by atoms with Gasteiger partial charge in [-0.05, 0) is 51.6 Å². The lowest BCUT2D eigenvalue weighted by molar-refractivity contribution is -0.128. The Bertz CT molecular complexity index is 1650. The molecule has 2 fully saturated rings. The van der Waals surface area contributed by atoms with Crippen LogP contribution in [-0.4, -0.2) is 82.3 Å². The van der Waals surface area contributed by atoms with E-state index in [0.717, 1.165) is 29.6 Å². The number of hydrogen-bond acceptors (Lipinski definition) is 7. The molecular weight excluding hydrogens is 531 g/mol. The van der Waals surface area contributed by atoms with Crippen molar-refractivity contribution in [3.63, 3.8) is 0 Å². The lowest BCUT2D eigenvalue weighted by Gasteiger charge is -2.45. The molecule has 2 N–H and O–H groups in total. The van der Waals surface area contributed by atoms with Gasteiger partial charge in [0.2, 0.25) is 11.9 Å². The van der Waals surface area contributed by atoms with Crippen LogP contribution in [0.25, 0.3) is 32.9 Å². The van der Waals surface area contributed by atoms with E-state index in [1.165, 1.54) is 6.08 Å². The Balaban J connectivity index is 1.55. The van der Waals surface area contributed by atoms with Gasteiger partial charge in [0.05, 0.1) is 16.7 Å². The highest BCUT2D eigenvalue weighted by Crippen LogP contribution is 2.43. The second-order valence-electron chi connectivity index (χ2n) is 10.8. The molecule has 208 valence electrons. The van der Waals surface area contributed by atoms with Crippen LogP contribution in [0.1, 0.15) is 19.4 Å². The molecule has 2 aromatic carbocycles. The van der Waals surface area contributed by atoms with E-state index < -0.39 is 5.82 Å². The van der Waals surface area contributed by atoms with Crippen molar-refractivity contribution >= 4 is 51.1 Å². The molecule has 9 nitrogen and oxygen atoms in total. The molecule has 0 aliphatic carbocycles. The third-order valence-corrected chi connectivity index (χ3v) is 8.52. The second kappa shape index (κ2) is 10.0. The number of piperazine rings is 1. The molecule has 0 unspecified atom stereocenters. The number of amides is 1. The zero-order valence-electron chi connectivity index (χ0n) is 23.0. The third kappa shape index (κ3) is 4.17. The first-order chi connectivity index (χ1) is 19.2. The van der Waals surface area contributed by atoms with Crippen molar-refractivity contribution < 1.29 is 9.18 Å². The summed E-state index contributed by atoms with van der Waals surface area (Å²) in [5, 5.41) is 12.0. The molecule has 11 heteroatoms. The molecule has 1 amide bonds. The first-order valence-corrected chi connectivity index (χ1v) is 13.8. The number of carbonyl (C=O) groups excluding carboxylic acids is 1. The van der Waals surface area contributed by atoms with E-state index in [2.05, 4.69) is 27.0 Å². The van der Waals surface area contributed by atoms with Gasteiger partial charge < -0.3 is 20.0 Å². The number of anilines is 2. The Kier molecular flexibility index (Phi) is 6.62. The number of nitrogens with one attached hydrogen (secondary N) is 2. The first kappa shape index (κ1) is 26.5. The molecule has 40 heavy (non-hydrogen) atoms. The van der Waals surface area contributed by atoms with Gasteiger partial charge in [-0.1, -0.05) is 24.2 Å². The van der Waals surface area contributed by atoms with Crippen LogP contribution >= 0.6 is 11.6 Å². The number of hydrogen-bond donors (Lipinski definition) is 2. The Morgan fingerprint density at radius 1 is 1.15 bits per heavy atom. The normalized spacial score (nSPS) is 19.9. The maximum atomic E-state index is 16.8. The van der Waals surface area contributed by atoms with Crippen LogP contribution in [0.2, 0.25) is 5.02 Å². The SMILES string of the molecule is C=CC(=O)N1C[C@H](C)N(c2nc(N3CC(NC)C3)nc3c(F)c(-c4c(C)ccc5[nH]ncc45)c(Cl)cc23)C[C@H]1C. The Labute approximate surface area is 237 Å². The third-order valence-electron chi connectivity index (χ3n) is 8.22. The quantitative estimate of drug-likeness (QED) is 0.350. The number of aromatic amines is 1. The molecular formula is C29H32ClFN8O. The van der Waals surface area contributed by atoms with Crippen LogP contribution in [0.5, 0.6) is 0 Å². The van der Waals surface area contributed by atoms with E-state index in [1.54, 1.807) is 12.3 Å². The Hall–Kier alpha value is -3.76. The number of aromatic nitrogens is 4. The minimum atomic E-state index is -0.490. The summed E-state index contributed by atoms with van der Waals surface area (Å²) in [6.07, 6.45) is 3.04. The fourth-order valence-electron chi connectivity index (χ4n) is 5.89. The van der Waals surface area contributed by atoms with Crippen molar-refractivity contribution in [1.82, 2.24) is 30.4 Å². The predicted octanol–water partition coefficient (Wildman–Crippen LogP) is 4.29. The number of likely N-dealkylation sites (N-methyl/N-ethyl adjacent to an activating group) is 1. The molecule has 0 radical (unpaired) electrons. The van der Waals surface area contributed by atoms with Gasteiger partial charge in [0.25, 0.3) is 0 Å². The number of benzene rings is 2. The molecule has 2 aliphatic heterocycles. The number of halogens is 2. The highest BCUT2D eigenvalue weighted by molar-refractivity contribution is 6.35. The fourth-order valence-corrected chi connectivity index (χ4v) is 6.17. The van der Waals surface area contributed by atoms with Crippen LogP contribution in [0.15, 0.2) is 37.1 Å². The minimum absolute atomic E-state index is 0.0732. The van der Waals surface area contributed by atoms with Gasteiger partial charge in [-0.3, -0.25) is 9.89 Å². The van der Waals surface area contributed by atoms with E-state index in [-0.39, 0.29) is 28.5 Å². The van der Waals surface area contributed by atoms with Crippen molar-refractivity contribution in [2.24, 2.45) is 0 Å². The second-order valence-corrected chi connectivity index (χ2v) is 11.2. The molecule has 4 aromatic rings. The maximum absolute atomic E-state index is 16.8. The Morgan fingerprint density at radius 2 is 1.93 bits per heavy atom. The lowest BCUT2D eigenvalue weighted by Crippen LogP contribution is -2.59. The number of rotatable bonds is 5. The number of nitrogens with zero attached hydrogens (tertiary/aromatic N) is 6. The van der Waals surface area contributed by atoms with Gasteiger partial charge in [-0.2, -0.15) is 10.1 Å². The summed E-state index contributed by atoms with van der Waals surface area (Å²) >= 11 is 6.89. The number of fused-ring (bicyclic) bond motifs is 2. The molecule has 2 aromatic heterocycles. The van der Waals surface area contributed by atoms with Crippen LogP contribution in [0.4, 0.5) is 16.2 Å². The molecule has 4 heterocycles. The van der Waals surface area contributed by atoms with E-state index in [4.69, 9.17) is 21.6 Å². The largest absolute Gasteiger partial charge is 0.349 e. The monoisotopic (exact) mass is 562 g/mol. The van der Waals surface area contributed by atoms with Gasteiger partial charge in [-0.15, -0.1) is 0 Å². The van der Waals surface area contributed by atoms with Crippen LogP contribution in [-0.2, 0) is 4.79 Å². The Morgan fingerprint density at radius 3 is 2.65 bits per heavy atom. The van der Waals surface area contributed by atoms with Crippen molar-refractivity contribution in [2.45, 2.75) is 38.9 Å². The molecule has 2 atom stereocenters. The smallest absolute Gasteiger partial charge is 0.246 e. The molecule has 6 rings (SSSR count). The number of H-pyrrole nitrogens is 1. The van der Waals surface area contributed by atoms with Crippen molar-refractivity contribution in [3.8, 4) is 11.1 Å².